The molecule has 0 radical (unpaired) electrons. The largest absolute Gasteiger partial charge is 0.383 e. The molecule has 0 aliphatic heterocycles. The number of aromatic nitrogens is 4. The van der Waals surface area contributed by atoms with Crippen molar-refractivity contribution in [3.8, 4) is 0 Å². The maximum absolute atomic E-state index is 6.35. The van der Waals surface area contributed by atoms with Crippen LogP contribution in [0.1, 0.15) is 62.2 Å². The lowest BCUT2D eigenvalue weighted by molar-refractivity contribution is 0.363. The molecule has 130 valence electrons. The van der Waals surface area contributed by atoms with Gasteiger partial charge in [0, 0.05) is 12.3 Å². The first-order valence-corrected chi connectivity index (χ1v) is 8.94. The second kappa shape index (κ2) is 5.55. The zero-order valence-corrected chi connectivity index (χ0v) is 15.4. The van der Waals surface area contributed by atoms with E-state index in [1.165, 1.54) is 11.1 Å². The van der Waals surface area contributed by atoms with E-state index < -0.39 is 0 Å². The number of anilines is 1. The van der Waals surface area contributed by atoms with E-state index in [0.717, 1.165) is 41.8 Å². The summed E-state index contributed by atoms with van der Waals surface area (Å²) in [6.45, 7) is 8.53. The van der Waals surface area contributed by atoms with Gasteiger partial charge in [-0.1, -0.05) is 29.8 Å². The second-order valence-corrected chi connectivity index (χ2v) is 8.13. The van der Waals surface area contributed by atoms with Crippen LogP contribution in [0.5, 0.6) is 0 Å². The van der Waals surface area contributed by atoms with Crippen LogP contribution in [0.4, 0.5) is 5.82 Å². The molecule has 1 aliphatic carbocycles. The summed E-state index contributed by atoms with van der Waals surface area (Å²) in [4.78, 5) is 9.44. The van der Waals surface area contributed by atoms with E-state index in [0.29, 0.717) is 11.7 Å². The molecule has 0 spiro atoms. The fraction of sp³-hybridized carbons (Fsp3) is 0.450. The van der Waals surface area contributed by atoms with Gasteiger partial charge in [-0.05, 0) is 46.1 Å². The number of nitrogens with zero attached hydrogens (tertiary/aromatic N) is 4. The van der Waals surface area contributed by atoms with Gasteiger partial charge in [0.2, 0.25) is 0 Å². The summed E-state index contributed by atoms with van der Waals surface area (Å²) in [6.07, 6.45) is 3.05. The van der Waals surface area contributed by atoms with Gasteiger partial charge in [-0.2, -0.15) is 5.10 Å². The third-order valence-corrected chi connectivity index (χ3v) is 4.72. The lowest BCUT2D eigenvalue weighted by Crippen LogP contribution is -2.23. The summed E-state index contributed by atoms with van der Waals surface area (Å²) < 4.78 is 2.01. The SMILES string of the molecule is Cc1ccc(Cc2nn(C(C)(C)C)c3nc(C4CC4)nc(N)c23)cc1. The number of hydrogen-bond acceptors (Lipinski definition) is 4. The van der Waals surface area contributed by atoms with Crippen LogP contribution in [-0.2, 0) is 12.0 Å². The van der Waals surface area contributed by atoms with Gasteiger partial charge >= 0.3 is 0 Å². The number of nitrogens with two attached hydrogens (primary N) is 1. The van der Waals surface area contributed by atoms with Crippen molar-refractivity contribution in [2.24, 2.45) is 0 Å². The van der Waals surface area contributed by atoms with Gasteiger partial charge in [0.05, 0.1) is 16.6 Å². The Labute approximate surface area is 148 Å². The number of fused-ring (bicyclic) bond motifs is 1. The Kier molecular flexibility index (Phi) is 3.56. The molecule has 1 fully saturated rings. The Morgan fingerprint density at radius 3 is 2.40 bits per heavy atom. The summed E-state index contributed by atoms with van der Waals surface area (Å²) in [5.41, 5.74) is 10.5. The second-order valence-electron chi connectivity index (χ2n) is 8.13. The predicted molar refractivity (Wildman–Crippen MR) is 101 cm³/mol. The molecule has 4 rings (SSSR count). The van der Waals surface area contributed by atoms with Crippen LogP contribution in [0, 0.1) is 6.92 Å². The van der Waals surface area contributed by atoms with Crippen molar-refractivity contribution < 1.29 is 0 Å². The fourth-order valence-corrected chi connectivity index (χ4v) is 3.15. The molecule has 0 saturated heterocycles. The Hall–Kier alpha value is -2.43. The third-order valence-electron chi connectivity index (χ3n) is 4.72. The van der Waals surface area contributed by atoms with Crippen molar-refractivity contribution in [2.45, 2.75) is 58.4 Å². The van der Waals surface area contributed by atoms with Gasteiger partial charge < -0.3 is 5.73 Å². The first-order chi connectivity index (χ1) is 11.8. The van der Waals surface area contributed by atoms with Crippen molar-refractivity contribution in [3.63, 3.8) is 0 Å². The van der Waals surface area contributed by atoms with Crippen LogP contribution in [0.3, 0.4) is 0 Å². The lowest BCUT2D eigenvalue weighted by Gasteiger charge is -2.20. The molecule has 25 heavy (non-hydrogen) atoms. The van der Waals surface area contributed by atoms with E-state index in [-0.39, 0.29) is 5.54 Å². The van der Waals surface area contributed by atoms with E-state index >= 15 is 0 Å². The summed E-state index contributed by atoms with van der Waals surface area (Å²) in [6, 6.07) is 8.55. The zero-order valence-electron chi connectivity index (χ0n) is 15.4. The minimum Gasteiger partial charge on any atom is -0.383 e. The highest BCUT2D eigenvalue weighted by atomic mass is 15.3. The Bertz CT molecular complexity index is 927. The highest BCUT2D eigenvalue weighted by Gasteiger charge is 2.30. The van der Waals surface area contributed by atoms with Crippen LogP contribution < -0.4 is 5.73 Å². The molecule has 0 bridgehead atoms. The number of rotatable bonds is 3. The van der Waals surface area contributed by atoms with Gasteiger partial charge in [-0.25, -0.2) is 14.6 Å². The molecule has 2 heterocycles. The van der Waals surface area contributed by atoms with Crippen LogP contribution in [-0.4, -0.2) is 19.7 Å². The zero-order chi connectivity index (χ0) is 17.8. The molecule has 1 saturated carbocycles. The van der Waals surface area contributed by atoms with E-state index in [9.17, 15) is 0 Å². The van der Waals surface area contributed by atoms with E-state index in [1.807, 2.05) is 4.68 Å². The molecular weight excluding hydrogens is 310 g/mol. The van der Waals surface area contributed by atoms with E-state index in [4.69, 9.17) is 15.8 Å². The van der Waals surface area contributed by atoms with Crippen LogP contribution in [0.25, 0.3) is 11.0 Å². The van der Waals surface area contributed by atoms with Crippen molar-refractivity contribution in [2.75, 3.05) is 5.73 Å². The predicted octanol–water partition coefficient (Wildman–Crippen LogP) is 3.94. The smallest absolute Gasteiger partial charge is 0.164 e. The normalized spacial score (nSPS) is 15.0. The molecule has 0 atom stereocenters. The molecule has 5 heteroatoms. The quantitative estimate of drug-likeness (QED) is 0.787. The maximum Gasteiger partial charge on any atom is 0.164 e. The molecule has 1 aliphatic rings. The minimum atomic E-state index is -0.161. The average molecular weight is 335 g/mol. The minimum absolute atomic E-state index is 0.161. The van der Waals surface area contributed by atoms with Crippen molar-refractivity contribution in [1.29, 1.82) is 0 Å². The average Bonchev–Trinajstić information content (AvgIpc) is 3.31. The molecule has 0 unspecified atom stereocenters. The molecule has 1 aromatic carbocycles. The van der Waals surface area contributed by atoms with Gasteiger partial charge in [-0.3, -0.25) is 0 Å². The number of nitrogen functional groups attached to an aromatic ring is 1. The Balaban J connectivity index is 1.87. The van der Waals surface area contributed by atoms with E-state index in [2.05, 4.69) is 56.9 Å². The van der Waals surface area contributed by atoms with Crippen LogP contribution >= 0.6 is 0 Å². The molecular formula is C20H25N5. The molecule has 2 aromatic heterocycles. The number of aryl methyl sites for hydroxylation is 1. The first-order valence-electron chi connectivity index (χ1n) is 8.94. The Morgan fingerprint density at radius 1 is 1.12 bits per heavy atom. The molecule has 3 aromatic rings. The van der Waals surface area contributed by atoms with Gasteiger partial charge in [0.25, 0.3) is 0 Å². The Morgan fingerprint density at radius 2 is 1.80 bits per heavy atom. The van der Waals surface area contributed by atoms with Crippen molar-refractivity contribution in [1.82, 2.24) is 19.7 Å². The number of benzene rings is 1. The summed E-state index contributed by atoms with van der Waals surface area (Å²) >= 11 is 0. The number of hydrogen-bond donors (Lipinski definition) is 1. The monoisotopic (exact) mass is 335 g/mol. The van der Waals surface area contributed by atoms with Crippen LogP contribution in [0.15, 0.2) is 24.3 Å². The summed E-state index contributed by atoms with van der Waals surface area (Å²) in [7, 11) is 0. The fourth-order valence-electron chi connectivity index (χ4n) is 3.15. The van der Waals surface area contributed by atoms with Gasteiger partial charge in [0.15, 0.2) is 5.65 Å². The highest BCUT2D eigenvalue weighted by molar-refractivity contribution is 5.89. The molecule has 0 amide bonds. The van der Waals surface area contributed by atoms with Crippen LogP contribution in [0.2, 0.25) is 0 Å². The lowest BCUT2D eigenvalue weighted by atomic mass is 10.1. The molecule has 5 nitrogen and oxygen atoms in total. The summed E-state index contributed by atoms with van der Waals surface area (Å²) in [5, 5.41) is 5.80. The van der Waals surface area contributed by atoms with Crippen molar-refractivity contribution in [3.05, 3.63) is 46.9 Å². The van der Waals surface area contributed by atoms with Crippen molar-refractivity contribution >= 4 is 16.9 Å². The standard InChI is InChI=1S/C20H25N5/c1-12-5-7-13(8-6-12)11-15-16-17(21)22-18(14-9-10-14)23-19(16)25(24-15)20(2,3)4/h5-8,14H,9-11H2,1-4H3,(H2,21,22,23). The highest BCUT2D eigenvalue weighted by Crippen LogP contribution is 2.40. The molecule has 2 N–H and O–H groups in total. The first kappa shape index (κ1) is 16.1. The van der Waals surface area contributed by atoms with Gasteiger partial charge in [-0.15, -0.1) is 0 Å². The maximum atomic E-state index is 6.35. The van der Waals surface area contributed by atoms with Gasteiger partial charge in [0.1, 0.15) is 11.6 Å². The summed E-state index contributed by atoms with van der Waals surface area (Å²) in [5.74, 6) is 1.90. The van der Waals surface area contributed by atoms with E-state index in [1.54, 1.807) is 0 Å². The topological polar surface area (TPSA) is 69.6 Å². The third kappa shape index (κ3) is 2.99.